The first-order valence-corrected chi connectivity index (χ1v) is 35.3. The van der Waals surface area contributed by atoms with Gasteiger partial charge in [-0.05, 0) is 64.2 Å². The van der Waals surface area contributed by atoms with E-state index in [4.69, 9.17) is 4.74 Å². The monoisotopic (exact) mass is 1100 g/mol. The van der Waals surface area contributed by atoms with Crippen molar-refractivity contribution in [1.82, 2.24) is 5.32 Å². The summed E-state index contributed by atoms with van der Waals surface area (Å²) in [5, 5.41) is 23.2. The van der Waals surface area contributed by atoms with Crippen molar-refractivity contribution < 1.29 is 24.5 Å². The smallest absolute Gasteiger partial charge is 0.305 e. The molecule has 0 spiro atoms. The van der Waals surface area contributed by atoms with E-state index in [9.17, 15) is 19.8 Å². The molecule has 0 rings (SSSR count). The summed E-state index contributed by atoms with van der Waals surface area (Å²) in [6, 6.07) is -0.628. The fourth-order valence-corrected chi connectivity index (χ4v) is 11.0. The molecule has 0 bridgehead atoms. The van der Waals surface area contributed by atoms with Crippen molar-refractivity contribution in [2.45, 2.75) is 398 Å². The van der Waals surface area contributed by atoms with Gasteiger partial charge in [-0.15, -0.1) is 0 Å². The van der Waals surface area contributed by atoms with Crippen molar-refractivity contribution >= 4 is 11.9 Å². The summed E-state index contributed by atoms with van der Waals surface area (Å²) in [4.78, 5) is 24.6. The third-order valence-corrected chi connectivity index (χ3v) is 16.4. The first-order chi connectivity index (χ1) is 38.5. The lowest BCUT2D eigenvalue weighted by Crippen LogP contribution is -2.45. The maximum atomic E-state index is 12.5. The predicted molar refractivity (Wildman–Crippen MR) is 343 cm³/mol. The molecule has 460 valence electrons. The number of aliphatic hydroxyl groups excluding tert-OH is 2. The lowest BCUT2D eigenvalue weighted by atomic mass is 10.0. The van der Waals surface area contributed by atoms with Crippen LogP contribution in [0.2, 0.25) is 0 Å². The van der Waals surface area contributed by atoms with Crippen molar-refractivity contribution in [1.29, 1.82) is 0 Å². The zero-order valence-corrected chi connectivity index (χ0v) is 52.7. The van der Waals surface area contributed by atoms with Gasteiger partial charge < -0.3 is 20.3 Å². The van der Waals surface area contributed by atoms with Crippen LogP contribution < -0.4 is 5.32 Å². The van der Waals surface area contributed by atoms with Gasteiger partial charge in [0.15, 0.2) is 0 Å². The highest BCUT2D eigenvalue weighted by Crippen LogP contribution is 2.18. The molecule has 0 aromatic carbocycles. The summed E-state index contributed by atoms with van der Waals surface area (Å²) in [6.45, 7) is 4.93. The number of unbranched alkanes of at least 4 members (excludes halogenated alkanes) is 51. The van der Waals surface area contributed by atoms with Gasteiger partial charge in [0.05, 0.1) is 25.4 Å². The lowest BCUT2D eigenvalue weighted by Gasteiger charge is -2.20. The molecule has 2 unspecified atom stereocenters. The quantitative estimate of drug-likeness (QED) is 0.0320. The second kappa shape index (κ2) is 67.6. The number of hydrogen-bond donors (Lipinski definition) is 3. The summed E-state index contributed by atoms with van der Waals surface area (Å²) in [7, 11) is 0. The van der Waals surface area contributed by atoms with Crippen LogP contribution in [0.25, 0.3) is 0 Å². The van der Waals surface area contributed by atoms with Gasteiger partial charge in [-0.3, -0.25) is 9.59 Å². The zero-order valence-electron chi connectivity index (χ0n) is 52.7. The van der Waals surface area contributed by atoms with Gasteiger partial charge in [0.1, 0.15) is 0 Å². The van der Waals surface area contributed by atoms with Gasteiger partial charge in [-0.1, -0.05) is 346 Å². The van der Waals surface area contributed by atoms with Crippen LogP contribution in [0.4, 0.5) is 0 Å². The van der Waals surface area contributed by atoms with Crippen molar-refractivity contribution in [2.24, 2.45) is 0 Å². The van der Waals surface area contributed by atoms with Crippen LogP contribution in [0.5, 0.6) is 0 Å². The highest BCUT2D eigenvalue weighted by molar-refractivity contribution is 5.76. The molecule has 0 saturated carbocycles. The van der Waals surface area contributed by atoms with Gasteiger partial charge in [0.25, 0.3) is 0 Å². The average Bonchev–Trinajstić information content (AvgIpc) is 3.44. The summed E-state index contributed by atoms with van der Waals surface area (Å²) >= 11 is 0. The molecule has 0 aliphatic rings. The van der Waals surface area contributed by atoms with Gasteiger partial charge in [0, 0.05) is 12.8 Å². The molecule has 0 saturated heterocycles. The van der Waals surface area contributed by atoms with E-state index in [-0.39, 0.29) is 18.5 Å². The van der Waals surface area contributed by atoms with Crippen molar-refractivity contribution in [3.05, 3.63) is 36.5 Å². The Kier molecular flexibility index (Phi) is 65.9. The van der Waals surface area contributed by atoms with E-state index in [1.165, 1.54) is 315 Å². The van der Waals surface area contributed by atoms with E-state index in [1.54, 1.807) is 6.08 Å². The van der Waals surface area contributed by atoms with E-state index in [0.717, 1.165) is 44.9 Å². The number of hydrogen-bond acceptors (Lipinski definition) is 5. The Hall–Kier alpha value is -1.92. The van der Waals surface area contributed by atoms with Crippen LogP contribution in [0, 0.1) is 0 Å². The molecule has 0 aliphatic carbocycles. The molecule has 6 heteroatoms. The SMILES string of the molecule is CCCCCCCCCCCCCCCC/C=C/C(O)C(CO)NC(=O)CCCCCCCCCCCCCCCCC/C=C\C/C=C\CCCCCCCCCCCOC(=O)CCCCCCCCCCCCCCCC. The molecule has 3 N–H and O–H groups in total. The topological polar surface area (TPSA) is 95.9 Å². The molecule has 0 fully saturated rings. The van der Waals surface area contributed by atoms with Gasteiger partial charge in [-0.2, -0.15) is 0 Å². The molecule has 0 aliphatic heterocycles. The Morgan fingerprint density at radius 2 is 0.641 bits per heavy atom. The minimum atomic E-state index is -0.844. The normalized spacial score (nSPS) is 12.7. The van der Waals surface area contributed by atoms with Crippen LogP contribution in [-0.4, -0.2) is 47.4 Å². The number of ether oxygens (including phenoxy) is 1. The molecule has 6 nitrogen and oxygen atoms in total. The molecule has 0 aromatic rings. The number of rotatable bonds is 66. The van der Waals surface area contributed by atoms with E-state index in [1.807, 2.05) is 6.08 Å². The average molecular weight is 1100 g/mol. The fraction of sp³-hybridized carbons (Fsp3) is 0.889. The number of nitrogens with one attached hydrogen (secondary N) is 1. The largest absolute Gasteiger partial charge is 0.466 e. The first-order valence-electron chi connectivity index (χ1n) is 35.3. The molecular formula is C72H137NO5. The Bertz CT molecular complexity index is 1260. The maximum absolute atomic E-state index is 12.5. The maximum Gasteiger partial charge on any atom is 0.305 e. The third kappa shape index (κ3) is 63.3. The van der Waals surface area contributed by atoms with E-state index in [0.29, 0.717) is 19.4 Å². The summed E-state index contributed by atoms with van der Waals surface area (Å²) < 4.78 is 5.49. The fourth-order valence-electron chi connectivity index (χ4n) is 11.0. The third-order valence-electron chi connectivity index (χ3n) is 16.4. The predicted octanol–water partition coefficient (Wildman–Crippen LogP) is 22.7. The van der Waals surface area contributed by atoms with Gasteiger partial charge in [0.2, 0.25) is 5.91 Å². The zero-order chi connectivity index (χ0) is 56.4. The Morgan fingerprint density at radius 3 is 0.974 bits per heavy atom. The minimum absolute atomic E-state index is 0.0155. The number of aliphatic hydroxyl groups is 2. The van der Waals surface area contributed by atoms with Crippen LogP contribution in [0.1, 0.15) is 386 Å². The van der Waals surface area contributed by atoms with Gasteiger partial charge >= 0.3 is 5.97 Å². The number of carbonyl (C=O) groups is 2. The Labute approximate surface area is 487 Å². The second-order valence-corrected chi connectivity index (χ2v) is 24.2. The number of amides is 1. The first kappa shape index (κ1) is 76.1. The van der Waals surface area contributed by atoms with Crippen molar-refractivity contribution in [2.75, 3.05) is 13.2 Å². The summed E-state index contributed by atoms with van der Waals surface area (Å²) in [5.41, 5.74) is 0. The molecule has 0 radical (unpaired) electrons. The van der Waals surface area contributed by atoms with Crippen molar-refractivity contribution in [3.8, 4) is 0 Å². The molecular weight excluding hydrogens is 959 g/mol. The van der Waals surface area contributed by atoms with E-state index in [2.05, 4.69) is 43.5 Å². The Balaban J connectivity index is 3.40. The lowest BCUT2D eigenvalue weighted by molar-refractivity contribution is -0.143. The molecule has 0 heterocycles. The molecule has 2 atom stereocenters. The highest BCUT2D eigenvalue weighted by atomic mass is 16.5. The second-order valence-electron chi connectivity index (χ2n) is 24.2. The van der Waals surface area contributed by atoms with E-state index < -0.39 is 12.1 Å². The highest BCUT2D eigenvalue weighted by Gasteiger charge is 2.18. The number of carbonyl (C=O) groups excluding carboxylic acids is 2. The van der Waals surface area contributed by atoms with Crippen LogP contribution >= 0.6 is 0 Å². The number of esters is 1. The molecule has 0 aromatic heterocycles. The molecule has 1 amide bonds. The minimum Gasteiger partial charge on any atom is -0.466 e. The number of allylic oxidation sites excluding steroid dienone is 5. The van der Waals surface area contributed by atoms with Gasteiger partial charge in [-0.25, -0.2) is 0 Å². The Morgan fingerprint density at radius 1 is 0.359 bits per heavy atom. The van der Waals surface area contributed by atoms with Crippen LogP contribution in [0.15, 0.2) is 36.5 Å². The summed E-state index contributed by atoms with van der Waals surface area (Å²) in [6.07, 6.45) is 86.5. The van der Waals surface area contributed by atoms with Crippen LogP contribution in [0.3, 0.4) is 0 Å². The summed E-state index contributed by atoms with van der Waals surface area (Å²) in [5.74, 6) is -0.0494. The van der Waals surface area contributed by atoms with Crippen LogP contribution in [-0.2, 0) is 14.3 Å². The van der Waals surface area contributed by atoms with E-state index >= 15 is 0 Å². The van der Waals surface area contributed by atoms with Crippen molar-refractivity contribution in [3.63, 3.8) is 0 Å². The standard InChI is InChI=1S/C72H137NO5/c1-3-5-7-9-11-13-15-17-19-37-40-44-48-52-56-60-64-70(75)69(68-74)73-71(76)65-61-57-53-49-45-41-38-35-33-31-29-27-25-23-21-20-22-24-26-28-30-32-34-36-39-43-47-51-55-59-63-67-78-72(77)66-62-58-54-50-46-42-18-16-14-12-10-8-6-4-2/h22,24,28,30,60,64,69-70,74-75H,3-21,23,25-27,29,31-59,61-63,65-68H2,1-2H3,(H,73,76)/b24-22-,30-28-,64-60+. The molecule has 78 heavy (non-hydrogen) atoms.